The van der Waals surface area contributed by atoms with Crippen molar-refractivity contribution in [2.45, 2.75) is 13.3 Å². The standard InChI is InChI=1S/C12H11ClN2O3/c1-2-6-11(8-4-10(14)15-18-8)7(13)3-9-12(6)17-5-16-9/h3-4H,2,5H2,1H3,(H2,14,15). The zero-order chi connectivity index (χ0) is 12.7. The minimum Gasteiger partial charge on any atom is -0.454 e. The van der Waals surface area contributed by atoms with E-state index in [-0.39, 0.29) is 6.79 Å². The number of rotatable bonds is 2. The number of hydrogen-bond donors (Lipinski definition) is 1. The van der Waals surface area contributed by atoms with Gasteiger partial charge in [-0.3, -0.25) is 0 Å². The molecule has 1 aliphatic rings. The molecule has 2 aromatic rings. The molecule has 0 amide bonds. The van der Waals surface area contributed by atoms with E-state index in [0.717, 1.165) is 17.5 Å². The molecule has 1 aromatic heterocycles. The van der Waals surface area contributed by atoms with Gasteiger partial charge in [-0.15, -0.1) is 0 Å². The van der Waals surface area contributed by atoms with Crippen molar-refractivity contribution in [2.75, 3.05) is 12.5 Å². The third-order valence-corrected chi connectivity index (χ3v) is 3.14. The quantitative estimate of drug-likeness (QED) is 0.905. The van der Waals surface area contributed by atoms with Gasteiger partial charge in [-0.1, -0.05) is 23.7 Å². The summed E-state index contributed by atoms with van der Waals surface area (Å²) >= 11 is 6.27. The van der Waals surface area contributed by atoms with E-state index in [1.807, 2.05) is 6.92 Å². The Morgan fingerprint density at radius 1 is 1.39 bits per heavy atom. The van der Waals surface area contributed by atoms with Crippen molar-refractivity contribution in [1.29, 1.82) is 0 Å². The van der Waals surface area contributed by atoms with Crippen LogP contribution in [0.4, 0.5) is 5.82 Å². The summed E-state index contributed by atoms with van der Waals surface area (Å²) < 4.78 is 16.0. The number of ether oxygens (including phenoxy) is 2. The molecule has 1 aliphatic heterocycles. The second-order valence-electron chi connectivity index (χ2n) is 3.92. The second-order valence-corrected chi connectivity index (χ2v) is 4.32. The van der Waals surface area contributed by atoms with Crippen molar-refractivity contribution in [3.8, 4) is 22.8 Å². The molecule has 0 spiro atoms. The van der Waals surface area contributed by atoms with Gasteiger partial charge in [0.2, 0.25) is 6.79 Å². The molecule has 5 nitrogen and oxygen atoms in total. The largest absolute Gasteiger partial charge is 0.454 e. The van der Waals surface area contributed by atoms with Crippen LogP contribution < -0.4 is 15.2 Å². The van der Waals surface area contributed by atoms with Crippen LogP contribution in [0.5, 0.6) is 11.5 Å². The Morgan fingerprint density at radius 2 is 2.22 bits per heavy atom. The fraction of sp³-hybridized carbons (Fsp3) is 0.250. The van der Waals surface area contributed by atoms with Crippen LogP contribution in [0.25, 0.3) is 11.3 Å². The maximum absolute atomic E-state index is 6.27. The highest BCUT2D eigenvalue weighted by Gasteiger charge is 2.25. The normalized spacial score (nSPS) is 13.0. The first-order valence-corrected chi connectivity index (χ1v) is 5.92. The fourth-order valence-corrected chi connectivity index (χ4v) is 2.39. The van der Waals surface area contributed by atoms with Crippen molar-refractivity contribution in [1.82, 2.24) is 5.16 Å². The number of nitrogens with zero attached hydrogens (tertiary/aromatic N) is 1. The molecule has 2 N–H and O–H groups in total. The summed E-state index contributed by atoms with van der Waals surface area (Å²) in [6, 6.07) is 3.36. The van der Waals surface area contributed by atoms with Gasteiger partial charge in [0.05, 0.1) is 5.02 Å². The summed E-state index contributed by atoms with van der Waals surface area (Å²) in [6.45, 7) is 2.22. The zero-order valence-corrected chi connectivity index (χ0v) is 10.5. The number of halogens is 1. The van der Waals surface area contributed by atoms with E-state index in [4.69, 9.17) is 31.3 Å². The van der Waals surface area contributed by atoms with Crippen molar-refractivity contribution < 1.29 is 14.0 Å². The van der Waals surface area contributed by atoms with Gasteiger partial charge in [-0.05, 0) is 6.42 Å². The lowest BCUT2D eigenvalue weighted by molar-refractivity contribution is 0.173. The van der Waals surface area contributed by atoms with Gasteiger partial charge in [0.1, 0.15) is 0 Å². The molecule has 1 aromatic carbocycles. The van der Waals surface area contributed by atoms with Crippen LogP contribution in [0.3, 0.4) is 0 Å². The van der Waals surface area contributed by atoms with Gasteiger partial charge in [0, 0.05) is 23.3 Å². The molecule has 0 aliphatic carbocycles. The summed E-state index contributed by atoms with van der Waals surface area (Å²) in [6.07, 6.45) is 0.738. The van der Waals surface area contributed by atoms with Crippen LogP contribution >= 0.6 is 11.6 Å². The molecule has 94 valence electrons. The second kappa shape index (κ2) is 4.10. The minimum absolute atomic E-state index is 0.209. The smallest absolute Gasteiger partial charge is 0.231 e. The summed E-state index contributed by atoms with van der Waals surface area (Å²) in [5.41, 5.74) is 7.26. The average molecular weight is 267 g/mol. The fourth-order valence-electron chi connectivity index (χ4n) is 2.09. The first kappa shape index (κ1) is 11.2. The third kappa shape index (κ3) is 1.59. The average Bonchev–Trinajstić information content (AvgIpc) is 2.95. The van der Waals surface area contributed by atoms with Gasteiger partial charge >= 0.3 is 0 Å². The van der Waals surface area contributed by atoms with E-state index in [0.29, 0.717) is 28.1 Å². The van der Waals surface area contributed by atoms with Gasteiger partial charge in [0.15, 0.2) is 23.1 Å². The number of nitrogens with two attached hydrogens (primary N) is 1. The number of anilines is 1. The molecule has 18 heavy (non-hydrogen) atoms. The lowest BCUT2D eigenvalue weighted by Gasteiger charge is -2.10. The number of hydrogen-bond acceptors (Lipinski definition) is 5. The van der Waals surface area contributed by atoms with Crippen LogP contribution in [0.1, 0.15) is 12.5 Å². The monoisotopic (exact) mass is 266 g/mol. The molecule has 2 heterocycles. The SMILES string of the molecule is CCc1c2c(cc(Cl)c1-c1cc(N)no1)OCO2. The Bertz CT molecular complexity index is 610. The Labute approximate surface area is 108 Å². The van der Waals surface area contributed by atoms with Crippen LogP contribution in [-0.2, 0) is 6.42 Å². The van der Waals surface area contributed by atoms with Crippen LogP contribution in [-0.4, -0.2) is 11.9 Å². The van der Waals surface area contributed by atoms with Crippen molar-refractivity contribution in [2.24, 2.45) is 0 Å². The Kier molecular flexibility index (Phi) is 2.56. The minimum atomic E-state index is 0.209. The Morgan fingerprint density at radius 3 is 2.89 bits per heavy atom. The van der Waals surface area contributed by atoms with E-state index in [2.05, 4.69) is 5.16 Å². The molecule has 0 atom stereocenters. The first-order valence-electron chi connectivity index (χ1n) is 5.54. The van der Waals surface area contributed by atoms with Crippen molar-refractivity contribution in [3.63, 3.8) is 0 Å². The van der Waals surface area contributed by atoms with Crippen LogP contribution in [0, 0.1) is 0 Å². The predicted molar refractivity (Wildman–Crippen MR) is 66.9 cm³/mol. The highest BCUT2D eigenvalue weighted by atomic mass is 35.5. The number of benzene rings is 1. The summed E-state index contributed by atoms with van der Waals surface area (Å²) in [5, 5.41) is 4.21. The maximum Gasteiger partial charge on any atom is 0.231 e. The van der Waals surface area contributed by atoms with Crippen LogP contribution in [0.2, 0.25) is 5.02 Å². The van der Waals surface area contributed by atoms with E-state index >= 15 is 0 Å². The van der Waals surface area contributed by atoms with E-state index in [9.17, 15) is 0 Å². The van der Waals surface area contributed by atoms with E-state index in [1.165, 1.54) is 0 Å². The Balaban J connectivity index is 2.25. The zero-order valence-electron chi connectivity index (χ0n) is 9.70. The lowest BCUT2D eigenvalue weighted by atomic mass is 10.0. The molecule has 0 fully saturated rings. The molecule has 0 saturated carbocycles. The van der Waals surface area contributed by atoms with Crippen molar-refractivity contribution in [3.05, 3.63) is 22.7 Å². The van der Waals surface area contributed by atoms with Gasteiger partial charge in [-0.2, -0.15) is 0 Å². The van der Waals surface area contributed by atoms with Gasteiger partial charge < -0.3 is 19.7 Å². The van der Waals surface area contributed by atoms with E-state index < -0.39 is 0 Å². The summed E-state index contributed by atoms with van der Waals surface area (Å²) in [7, 11) is 0. The molecule has 0 unspecified atom stereocenters. The van der Waals surface area contributed by atoms with E-state index in [1.54, 1.807) is 12.1 Å². The highest BCUT2D eigenvalue weighted by Crippen LogP contribution is 2.45. The molecule has 0 bridgehead atoms. The number of aromatic nitrogens is 1. The predicted octanol–water partition coefficient (Wildman–Crippen LogP) is 2.87. The maximum atomic E-state index is 6.27. The molecule has 3 rings (SSSR count). The summed E-state index contributed by atoms with van der Waals surface area (Å²) in [5.74, 6) is 2.23. The third-order valence-electron chi connectivity index (χ3n) is 2.84. The lowest BCUT2D eigenvalue weighted by Crippen LogP contribution is -1.95. The van der Waals surface area contributed by atoms with Crippen molar-refractivity contribution >= 4 is 17.4 Å². The van der Waals surface area contributed by atoms with Crippen LogP contribution in [0.15, 0.2) is 16.7 Å². The molecule has 6 heteroatoms. The molecule has 0 radical (unpaired) electrons. The highest BCUT2D eigenvalue weighted by molar-refractivity contribution is 6.33. The topological polar surface area (TPSA) is 70.5 Å². The molecule has 0 saturated heterocycles. The van der Waals surface area contributed by atoms with Gasteiger partial charge in [-0.25, -0.2) is 0 Å². The molecular weight excluding hydrogens is 256 g/mol. The number of fused-ring (bicyclic) bond motifs is 1. The van der Waals surface area contributed by atoms with Gasteiger partial charge in [0.25, 0.3) is 0 Å². The molecular formula is C12H11ClN2O3. The Hall–Kier alpha value is -1.88. The summed E-state index contributed by atoms with van der Waals surface area (Å²) in [4.78, 5) is 0. The number of nitrogen functional groups attached to an aromatic ring is 1. The first-order chi connectivity index (χ1) is 8.70.